The number of benzene rings is 1. The molecule has 0 saturated heterocycles. The first-order valence-corrected chi connectivity index (χ1v) is 15.3. The van der Waals surface area contributed by atoms with Crippen molar-refractivity contribution < 1.29 is 19.8 Å². The van der Waals surface area contributed by atoms with Crippen LogP contribution in [-0.2, 0) is 22.6 Å². The van der Waals surface area contributed by atoms with Crippen molar-refractivity contribution in [2.75, 3.05) is 19.0 Å². The molecule has 7 nitrogen and oxygen atoms in total. The SMILES string of the molecule is CN(Cc1ccccc1)C(=O)C[C@@H]1c2nc(NC(=O)C3CCCCC3)sc2C[C@@H]2[C@](C)(CO)[C@H](O)CC[C@]21C. The molecule has 1 heterocycles. The van der Waals surface area contributed by atoms with Gasteiger partial charge in [0.2, 0.25) is 11.8 Å². The standard InChI is InChI=1S/C31H43N3O4S/c1-30-15-14-25(36)31(2,19-35)24(30)17-23-27(32-29(39-23)33-28(38)21-12-8-5-9-13-21)22(30)16-26(37)34(3)18-20-10-6-4-7-11-20/h4,6-7,10-11,21-22,24-25,35-36H,5,8-9,12-19H2,1-3H3,(H,32,33,38)/t22-,24+,25-,30+,31+/m1/s1. The highest BCUT2D eigenvalue weighted by Gasteiger charge is 2.59. The molecular weight excluding hydrogens is 510 g/mol. The van der Waals surface area contributed by atoms with E-state index in [1.807, 2.05) is 44.3 Å². The Kier molecular flexibility index (Phi) is 8.18. The van der Waals surface area contributed by atoms with Gasteiger partial charge in [-0.25, -0.2) is 4.98 Å². The fourth-order valence-corrected chi connectivity index (χ4v) is 8.62. The molecule has 212 valence electrons. The number of rotatable bonds is 7. The van der Waals surface area contributed by atoms with Crippen molar-refractivity contribution in [3.05, 3.63) is 46.5 Å². The summed E-state index contributed by atoms with van der Waals surface area (Å²) in [5.74, 6) is -0.0288. The second-order valence-corrected chi connectivity index (χ2v) is 13.7. The van der Waals surface area contributed by atoms with Crippen LogP contribution in [0.3, 0.4) is 0 Å². The van der Waals surface area contributed by atoms with Crippen molar-refractivity contribution in [1.82, 2.24) is 9.88 Å². The maximum Gasteiger partial charge on any atom is 0.229 e. The molecule has 2 saturated carbocycles. The Labute approximate surface area is 236 Å². The Hall–Kier alpha value is -2.29. The first kappa shape index (κ1) is 28.2. The van der Waals surface area contributed by atoms with Crippen molar-refractivity contribution in [3.63, 3.8) is 0 Å². The number of carbonyl (C=O) groups is 2. The van der Waals surface area contributed by atoms with Crippen LogP contribution in [0.4, 0.5) is 5.13 Å². The normalized spacial score (nSPS) is 30.7. The van der Waals surface area contributed by atoms with E-state index in [4.69, 9.17) is 4.98 Å². The molecule has 8 heteroatoms. The minimum Gasteiger partial charge on any atom is -0.396 e. The molecule has 0 radical (unpaired) electrons. The lowest BCUT2D eigenvalue weighted by atomic mass is 9.47. The third-order valence-electron chi connectivity index (χ3n) is 10.2. The molecule has 1 aromatic heterocycles. The van der Waals surface area contributed by atoms with Crippen LogP contribution in [0.1, 0.15) is 87.3 Å². The predicted octanol–water partition coefficient (Wildman–Crippen LogP) is 5.13. The fourth-order valence-electron chi connectivity index (χ4n) is 7.55. The first-order chi connectivity index (χ1) is 18.7. The van der Waals surface area contributed by atoms with Crippen LogP contribution < -0.4 is 5.32 Å². The highest BCUT2D eigenvalue weighted by Crippen LogP contribution is 2.63. The number of hydrogen-bond donors (Lipinski definition) is 3. The number of aromatic nitrogens is 1. The zero-order chi connectivity index (χ0) is 27.8. The summed E-state index contributed by atoms with van der Waals surface area (Å²) in [4.78, 5) is 34.5. The van der Waals surface area contributed by atoms with Gasteiger partial charge in [0, 0.05) is 42.1 Å². The minimum absolute atomic E-state index is 0.00849. The van der Waals surface area contributed by atoms with E-state index in [1.165, 1.54) is 17.8 Å². The van der Waals surface area contributed by atoms with Crippen molar-refractivity contribution in [3.8, 4) is 0 Å². The Morgan fingerprint density at radius 2 is 1.85 bits per heavy atom. The molecule has 3 aliphatic carbocycles. The zero-order valence-electron chi connectivity index (χ0n) is 23.5. The quantitative estimate of drug-likeness (QED) is 0.441. The van der Waals surface area contributed by atoms with E-state index >= 15 is 0 Å². The average molecular weight is 554 g/mol. The summed E-state index contributed by atoms with van der Waals surface area (Å²) < 4.78 is 0. The number of amides is 2. The average Bonchev–Trinajstić information content (AvgIpc) is 3.35. The number of nitrogens with one attached hydrogen (secondary N) is 1. The van der Waals surface area contributed by atoms with E-state index in [0.29, 0.717) is 30.9 Å². The lowest BCUT2D eigenvalue weighted by Crippen LogP contribution is -2.57. The number of aliphatic hydroxyl groups excluding tert-OH is 2. The molecule has 2 amide bonds. The van der Waals surface area contributed by atoms with Crippen LogP contribution in [0.25, 0.3) is 0 Å². The topological polar surface area (TPSA) is 103 Å². The summed E-state index contributed by atoms with van der Waals surface area (Å²) in [5, 5.41) is 25.2. The molecule has 0 bridgehead atoms. The third kappa shape index (κ3) is 5.40. The van der Waals surface area contributed by atoms with Crippen LogP contribution in [0, 0.1) is 22.7 Å². The van der Waals surface area contributed by atoms with Gasteiger partial charge in [-0.2, -0.15) is 0 Å². The minimum atomic E-state index is -0.669. The van der Waals surface area contributed by atoms with Crippen LogP contribution in [0.15, 0.2) is 30.3 Å². The summed E-state index contributed by atoms with van der Waals surface area (Å²) in [7, 11) is 1.85. The predicted molar refractivity (Wildman–Crippen MR) is 153 cm³/mol. The number of fused-ring (bicyclic) bond motifs is 2. The van der Waals surface area contributed by atoms with Gasteiger partial charge in [-0.05, 0) is 49.0 Å². The molecule has 5 rings (SSSR count). The van der Waals surface area contributed by atoms with Crippen LogP contribution in [-0.4, -0.2) is 51.7 Å². The maximum atomic E-state index is 13.7. The van der Waals surface area contributed by atoms with Gasteiger partial charge in [0.05, 0.1) is 18.4 Å². The van der Waals surface area contributed by atoms with Crippen molar-refractivity contribution in [2.24, 2.45) is 22.7 Å². The molecule has 0 aliphatic heterocycles. The van der Waals surface area contributed by atoms with Crippen LogP contribution in [0.2, 0.25) is 0 Å². The highest BCUT2D eigenvalue weighted by atomic mass is 32.1. The zero-order valence-corrected chi connectivity index (χ0v) is 24.3. The molecule has 0 unspecified atom stereocenters. The largest absolute Gasteiger partial charge is 0.396 e. The molecule has 3 N–H and O–H groups in total. The smallest absolute Gasteiger partial charge is 0.229 e. The summed E-state index contributed by atoms with van der Waals surface area (Å²) in [6, 6.07) is 9.98. The maximum absolute atomic E-state index is 13.7. The Balaban J connectivity index is 1.45. The third-order valence-corrected chi connectivity index (χ3v) is 11.2. The van der Waals surface area contributed by atoms with Crippen molar-refractivity contribution in [2.45, 2.75) is 90.2 Å². The lowest BCUT2D eigenvalue weighted by Gasteiger charge is -2.58. The molecule has 3 aliphatic rings. The van der Waals surface area contributed by atoms with E-state index in [1.54, 1.807) is 4.90 Å². The second-order valence-electron chi connectivity index (χ2n) is 12.6. The van der Waals surface area contributed by atoms with E-state index in [2.05, 4.69) is 12.2 Å². The monoisotopic (exact) mass is 553 g/mol. The molecule has 39 heavy (non-hydrogen) atoms. The number of carbonyl (C=O) groups excluding carboxylic acids is 2. The van der Waals surface area contributed by atoms with Gasteiger partial charge in [-0.1, -0.05) is 63.4 Å². The van der Waals surface area contributed by atoms with Gasteiger partial charge in [-0.15, -0.1) is 11.3 Å². The first-order valence-electron chi connectivity index (χ1n) is 14.5. The molecule has 5 atom stereocenters. The number of nitrogens with zero attached hydrogens (tertiary/aromatic N) is 2. The van der Waals surface area contributed by atoms with Gasteiger partial charge in [0.1, 0.15) is 0 Å². The number of thiazole rings is 1. The summed E-state index contributed by atoms with van der Waals surface area (Å²) >= 11 is 1.51. The Morgan fingerprint density at radius 3 is 2.54 bits per heavy atom. The molecular formula is C31H43N3O4S. The number of anilines is 1. The van der Waals surface area contributed by atoms with Gasteiger partial charge in [-0.3, -0.25) is 9.59 Å². The molecule has 0 spiro atoms. The second kappa shape index (κ2) is 11.3. The molecule has 2 fully saturated rings. The van der Waals surface area contributed by atoms with Crippen LogP contribution >= 0.6 is 11.3 Å². The Bertz CT molecular complexity index is 1180. The summed E-state index contributed by atoms with van der Waals surface area (Å²) in [6.45, 7) is 4.63. The van der Waals surface area contributed by atoms with E-state index in [0.717, 1.165) is 48.2 Å². The fraction of sp³-hybridized carbons (Fsp3) is 0.645. The molecule has 1 aromatic carbocycles. The van der Waals surface area contributed by atoms with Gasteiger partial charge in [0.15, 0.2) is 5.13 Å². The number of hydrogen-bond acceptors (Lipinski definition) is 6. The molecule has 2 aromatic rings. The van der Waals surface area contributed by atoms with Gasteiger partial charge < -0.3 is 20.4 Å². The van der Waals surface area contributed by atoms with Crippen LogP contribution in [0.5, 0.6) is 0 Å². The number of aliphatic hydroxyl groups is 2. The van der Waals surface area contributed by atoms with Crippen molar-refractivity contribution >= 4 is 28.3 Å². The van der Waals surface area contributed by atoms with E-state index in [9.17, 15) is 19.8 Å². The summed E-state index contributed by atoms with van der Waals surface area (Å²) in [6.07, 6.45) is 6.96. The lowest BCUT2D eigenvalue weighted by molar-refractivity contribution is -0.147. The van der Waals surface area contributed by atoms with E-state index in [-0.39, 0.29) is 41.6 Å². The highest BCUT2D eigenvalue weighted by molar-refractivity contribution is 7.15. The van der Waals surface area contributed by atoms with Gasteiger partial charge in [0.25, 0.3) is 0 Å². The summed E-state index contributed by atoms with van der Waals surface area (Å²) in [5.41, 5.74) is 1.01. The van der Waals surface area contributed by atoms with Crippen molar-refractivity contribution in [1.29, 1.82) is 0 Å². The van der Waals surface area contributed by atoms with E-state index < -0.39 is 11.5 Å². The van der Waals surface area contributed by atoms with Gasteiger partial charge >= 0.3 is 0 Å². The Morgan fingerprint density at radius 1 is 1.13 bits per heavy atom.